The fraction of sp³-hybridized carbons (Fsp3) is 0.231. The standard InChI is InChI=1S/C26H24N6O2/c1-16(28)12-18(33)14-31(3)25-20-9-4-6-10-22(20)29-24(30-25)15-32-23-11-7-5-8-19(23)17(2)21(13-27)26(32)34/h4-11,28H,12,14-15H2,1-3H3. The highest BCUT2D eigenvalue weighted by Crippen LogP contribution is 2.24. The highest BCUT2D eigenvalue weighted by Gasteiger charge is 2.18. The second-order valence-electron chi connectivity index (χ2n) is 8.35. The zero-order valence-corrected chi connectivity index (χ0v) is 19.3. The number of aromatic nitrogens is 3. The Morgan fingerprint density at radius 1 is 1.12 bits per heavy atom. The van der Waals surface area contributed by atoms with Crippen LogP contribution < -0.4 is 10.5 Å². The highest BCUT2D eigenvalue weighted by atomic mass is 16.1. The van der Waals surface area contributed by atoms with E-state index in [4.69, 9.17) is 10.4 Å². The summed E-state index contributed by atoms with van der Waals surface area (Å²) in [6, 6.07) is 17.0. The van der Waals surface area contributed by atoms with Crippen molar-refractivity contribution in [3.05, 3.63) is 75.8 Å². The van der Waals surface area contributed by atoms with E-state index >= 15 is 0 Å². The van der Waals surface area contributed by atoms with Gasteiger partial charge in [-0.05, 0) is 37.6 Å². The Bertz CT molecular complexity index is 1550. The number of carbonyl (C=O) groups is 1. The number of nitrogens with zero attached hydrogens (tertiary/aromatic N) is 5. The minimum atomic E-state index is -0.387. The normalized spacial score (nSPS) is 10.9. The van der Waals surface area contributed by atoms with E-state index in [-0.39, 0.29) is 36.4 Å². The molecule has 0 amide bonds. The second-order valence-corrected chi connectivity index (χ2v) is 8.35. The van der Waals surface area contributed by atoms with E-state index < -0.39 is 0 Å². The van der Waals surface area contributed by atoms with Gasteiger partial charge in [-0.2, -0.15) is 5.26 Å². The molecule has 4 rings (SSSR count). The van der Waals surface area contributed by atoms with E-state index in [1.807, 2.05) is 54.6 Å². The van der Waals surface area contributed by atoms with Crippen molar-refractivity contribution in [3.63, 3.8) is 0 Å². The molecule has 8 heteroatoms. The molecule has 1 N–H and O–H groups in total. The van der Waals surface area contributed by atoms with Gasteiger partial charge in [-0.3, -0.25) is 14.2 Å². The number of rotatable bonds is 7. The lowest BCUT2D eigenvalue weighted by atomic mass is 10.0. The number of ketones is 1. The fourth-order valence-electron chi connectivity index (χ4n) is 4.16. The van der Waals surface area contributed by atoms with Crippen LogP contribution in [-0.4, -0.2) is 39.6 Å². The van der Waals surface area contributed by atoms with Crippen LogP contribution in [0.5, 0.6) is 0 Å². The molecular formula is C26H24N6O2. The number of benzene rings is 2. The minimum absolute atomic E-state index is 0.0769. The molecule has 0 saturated heterocycles. The Kier molecular flexibility index (Phi) is 6.19. The maximum Gasteiger partial charge on any atom is 0.269 e. The molecular weight excluding hydrogens is 428 g/mol. The van der Waals surface area contributed by atoms with Gasteiger partial charge in [0.15, 0.2) is 11.6 Å². The van der Waals surface area contributed by atoms with Crippen molar-refractivity contribution < 1.29 is 4.79 Å². The van der Waals surface area contributed by atoms with Gasteiger partial charge in [0, 0.05) is 30.0 Å². The van der Waals surface area contributed by atoms with Crippen molar-refractivity contribution in [1.29, 1.82) is 10.7 Å². The summed E-state index contributed by atoms with van der Waals surface area (Å²) < 4.78 is 1.53. The number of fused-ring (bicyclic) bond motifs is 2. The number of para-hydroxylation sites is 2. The molecule has 0 aliphatic rings. The van der Waals surface area contributed by atoms with Gasteiger partial charge in [0.05, 0.1) is 24.1 Å². The largest absolute Gasteiger partial charge is 0.352 e. The van der Waals surface area contributed by atoms with E-state index in [1.165, 1.54) is 4.57 Å². The van der Waals surface area contributed by atoms with Crippen molar-refractivity contribution in [2.45, 2.75) is 26.8 Å². The number of nitrogens with one attached hydrogen (secondary N) is 1. The van der Waals surface area contributed by atoms with Crippen LogP contribution in [0.25, 0.3) is 21.8 Å². The van der Waals surface area contributed by atoms with E-state index in [9.17, 15) is 14.9 Å². The van der Waals surface area contributed by atoms with Crippen LogP contribution in [0.15, 0.2) is 53.3 Å². The van der Waals surface area contributed by atoms with E-state index in [2.05, 4.69) is 4.98 Å². The number of aryl methyl sites for hydroxylation is 1. The van der Waals surface area contributed by atoms with E-state index in [1.54, 1.807) is 25.8 Å². The second kappa shape index (κ2) is 9.24. The summed E-state index contributed by atoms with van der Waals surface area (Å²) in [7, 11) is 1.77. The Morgan fingerprint density at radius 3 is 2.50 bits per heavy atom. The van der Waals surface area contributed by atoms with Gasteiger partial charge in [-0.1, -0.05) is 30.3 Å². The molecule has 0 atom stereocenters. The van der Waals surface area contributed by atoms with Crippen LogP contribution in [0.1, 0.15) is 30.3 Å². The number of anilines is 1. The van der Waals surface area contributed by atoms with Crippen molar-refractivity contribution >= 4 is 39.1 Å². The quantitative estimate of drug-likeness (QED) is 0.428. The van der Waals surface area contributed by atoms with Crippen molar-refractivity contribution in [2.75, 3.05) is 18.5 Å². The topological polar surface area (TPSA) is 116 Å². The summed E-state index contributed by atoms with van der Waals surface area (Å²) in [4.78, 5) is 36.7. The van der Waals surface area contributed by atoms with Crippen molar-refractivity contribution in [2.24, 2.45) is 0 Å². The molecule has 0 radical (unpaired) electrons. The first-order chi connectivity index (χ1) is 16.3. The molecule has 2 aromatic heterocycles. The zero-order valence-electron chi connectivity index (χ0n) is 19.3. The fourth-order valence-corrected chi connectivity index (χ4v) is 4.16. The van der Waals surface area contributed by atoms with Gasteiger partial charge in [-0.25, -0.2) is 9.97 Å². The van der Waals surface area contributed by atoms with Crippen molar-refractivity contribution in [1.82, 2.24) is 14.5 Å². The monoisotopic (exact) mass is 452 g/mol. The lowest BCUT2D eigenvalue weighted by molar-refractivity contribution is -0.116. The first-order valence-electron chi connectivity index (χ1n) is 10.8. The lowest BCUT2D eigenvalue weighted by Crippen LogP contribution is -2.29. The third-order valence-corrected chi connectivity index (χ3v) is 5.71. The van der Waals surface area contributed by atoms with Crippen LogP contribution in [0, 0.1) is 23.7 Å². The Balaban J connectivity index is 1.84. The van der Waals surface area contributed by atoms with Crippen LogP contribution >= 0.6 is 0 Å². The molecule has 34 heavy (non-hydrogen) atoms. The number of carbonyl (C=O) groups excluding carboxylic acids is 1. The summed E-state index contributed by atoms with van der Waals surface area (Å²) >= 11 is 0. The number of hydrogen-bond acceptors (Lipinski definition) is 7. The number of nitriles is 1. The Morgan fingerprint density at radius 2 is 1.79 bits per heavy atom. The third kappa shape index (κ3) is 4.28. The Hall–Kier alpha value is -4.38. The summed E-state index contributed by atoms with van der Waals surface area (Å²) in [6.45, 7) is 3.56. The molecule has 0 aliphatic heterocycles. The van der Waals surface area contributed by atoms with Gasteiger partial charge in [0.2, 0.25) is 0 Å². The molecule has 4 aromatic rings. The van der Waals surface area contributed by atoms with Gasteiger partial charge < -0.3 is 10.3 Å². The zero-order chi connectivity index (χ0) is 24.4. The summed E-state index contributed by atoms with van der Waals surface area (Å²) in [5.41, 5.74) is 2.07. The third-order valence-electron chi connectivity index (χ3n) is 5.71. The first kappa shape index (κ1) is 22.8. The summed E-state index contributed by atoms with van der Waals surface area (Å²) in [5, 5.41) is 18.8. The molecule has 8 nitrogen and oxygen atoms in total. The van der Waals surface area contributed by atoms with Crippen molar-refractivity contribution in [3.8, 4) is 6.07 Å². The molecule has 0 spiro atoms. The average Bonchev–Trinajstić information content (AvgIpc) is 2.81. The molecule has 0 saturated carbocycles. The molecule has 0 unspecified atom stereocenters. The predicted molar refractivity (Wildman–Crippen MR) is 133 cm³/mol. The molecule has 0 fully saturated rings. The van der Waals surface area contributed by atoms with Gasteiger partial charge in [0.25, 0.3) is 5.56 Å². The molecule has 0 bridgehead atoms. The molecule has 170 valence electrons. The first-order valence-corrected chi connectivity index (χ1v) is 10.8. The smallest absolute Gasteiger partial charge is 0.269 e. The minimum Gasteiger partial charge on any atom is -0.352 e. The van der Waals surface area contributed by atoms with Crippen LogP contribution in [0.2, 0.25) is 0 Å². The number of hydrogen-bond donors (Lipinski definition) is 1. The van der Waals surface area contributed by atoms with Gasteiger partial charge in [-0.15, -0.1) is 0 Å². The molecule has 2 aromatic carbocycles. The maximum absolute atomic E-state index is 13.2. The number of likely N-dealkylation sites (N-methyl/N-ethyl adjacent to an activating group) is 1. The number of Topliss-reactive ketones (excluding diaryl/α,β-unsaturated/α-hetero) is 1. The number of pyridine rings is 1. The average molecular weight is 453 g/mol. The summed E-state index contributed by atoms with van der Waals surface area (Å²) in [5.74, 6) is 0.886. The van der Waals surface area contributed by atoms with Crippen LogP contribution in [-0.2, 0) is 11.3 Å². The van der Waals surface area contributed by atoms with Gasteiger partial charge in [0.1, 0.15) is 17.5 Å². The Labute approximate surface area is 196 Å². The maximum atomic E-state index is 13.2. The lowest BCUT2D eigenvalue weighted by Gasteiger charge is -2.20. The SMILES string of the molecule is CC(=N)CC(=O)CN(C)c1nc(Cn2c(=O)c(C#N)c(C)c3ccccc32)nc2ccccc12. The predicted octanol–water partition coefficient (Wildman–Crippen LogP) is 3.61. The molecule has 2 heterocycles. The molecule has 0 aliphatic carbocycles. The van der Waals surface area contributed by atoms with E-state index in [0.29, 0.717) is 34.0 Å². The van der Waals surface area contributed by atoms with E-state index in [0.717, 1.165) is 10.8 Å². The van der Waals surface area contributed by atoms with Gasteiger partial charge >= 0.3 is 0 Å². The highest BCUT2D eigenvalue weighted by molar-refractivity contribution is 6.01. The summed E-state index contributed by atoms with van der Waals surface area (Å²) in [6.07, 6.45) is 0.0852. The van der Waals surface area contributed by atoms with Crippen LogP contribution in [0.4, 0.5) is 5.82 Å². The van der Waals surface area contributed by atoms with Crippen LogP contribution in [0.3, 0.4) is 0 Å².